The van der Waals surface area contributed by atoms with Crippen LogP contribution >= 0.6 is 23.5 Å². The highest BCUT2D eigenvalue weighted by atomic mass is 32.2. The normalized spacial score (nSPS) is 12.0. The van der Waals surface area contributed by atoms with Crippen LogP contribution < -0.4 is 24.3 Å². The molecule has 10 heteroatoms. The Balaban J connectivity index is 0.000000235. The van der Waals surface area contributed by atoms with Gasteiger partial charge in [0.1, 0.15) is 11.5 Å². The molecule has 0 radical (unpaired) electrons. The van der Waals surface area contributed by atoms with E-state index in [1.54, 1.807) is 72.5 Å². The molecule has 0 unspecified atom stereocenters. The van der Waals surface area contributed by atoms with E-state index in [0.717, 1.165) is 59.5 Å². The Labute approximate surface area is 275 Å². The molecule has 0 saturated heterocycles. The van der Waals surface area contributed by atoms with Crippen LogP contribution in [0.4, 0.5) is 34.1 Å². The van der Waals surface area contributed by atoms with Crippen LogP contribution in [-0.2, 0) is 9.59 Å². The van der Waals surface area contributed by atoms with Gasteiger partial charge in [0.25, 0.3) is 0 Å². The summed E-state index contributed by atoms with van der Waals surface area (Å²) in [5.41, 5.74) is 5.73. The fourth-order valence-corrected chi connectivity index (χ4v) is 7.17. The van der Waals surface area contributed by atoms with Gasteiger partial charge in [-0.2, -0.15) is 0 Å². The molecule has 238 valence electrons. The van der Waals surface area contributed by atoms with Gasteiger partial charge in [0.05, 0.1) is 29.9 Å². The number of methoxy groups -OCH3 is 1. The smallest absolute Gasteiger partial charge is 0.228 e. The first kappa shape index (κ1) is 35.2. The summed E-state index contributed by atoms with van der Waals surface area (Å²) in [7, 11) is 9.63. The van der Waals surface area contributed by atoms with Gasteiger partial charge >= 0.3 is 0 Å². The fraction of sp³-hybridized carbons (Fsp3) is 0.257. The molecule has 0 spiro atoms. The van der Waals surface area contributed by atoms with Crippen LogP contribution in [0.1, 0.15) is 28.7 Å². The van der Waals surface area contributed by atoms with Crippen molar-refractivity contribution in [2.75, 3.05) is 54.9 Å². The maximum atomic E-state index is 12.2. The number of fused-ring (bicyclic) bond motifs is 4. The Morgan fingerprint density at radius 1 is 0.622 bits per heavy atom. The summed E-state index contributed by atoms with van der Waals surface area (Å²) in [5, 5.41) is 9.68. The zero-order valence-electron chi connectivity index (χ0n) is 25.2. The lowest BCUT2D eigenvalue weighted by Crippen LogP contribution is -2.26. The first-order valence-corrected chi connectivity index (χ1v) is 15.2. The maximum absolute atomic E-state index is 12.2. The quantitative estimate of drug-likeness (QED) is 0.237. The van der Waals surface area contributed by atoms with Crippen molar-refractivity contribution in [1.29, 1.82) is 0 Å². The Bertz CT molecular complexity index is 1720. The van der Waals surface area contributed by atoms with E-state index in [-0.39, 0.29) is 32.4 Å². The van der Waals surface area contributed by atoms with Crippen molar-refractivity contribution in [2.45, 2.75) is 48.3 Å². The number of hydrogen-bond acceptors (Lipinski definition) is 8. The van der Waals surface area contributed by atoms with Crippen molar-refractivity contribution in [2.24, 2.45) is 0 Å². The molecule has 0 aliphatic carbocycles. The second-order valence-electron chi connectivity index (χ2n) is 10.5. The van der Waals surface area contributed by atoms with Gasteiger partial charge in [0.15, 0.2) is 0 Å². The summed E-state index contributed by atoms with van der Waals surface area (Å²) in [5.74, 6) is 0.964. The molecule has 6 rings (SSSR count). The Hall–Kier alpha value is -4.28. The predicted molar refractivity (Wildman–Crippen MR) is 190 cm³/mol. The van der Waals surface area contributed by atoms with E-state index in [2.05, 4.69) is 17.0 Å². The first-order chi connectivity index (χ1) is 20.5. The van der Waals surface area contributed by atoms with Crippen LogP contribution in [0.15, 0.2) is 92.4 Å². The summed E-state index contributed by atoms with van der Waals surface area (Å²) in [6.07, 6.45) is 0. The van der Waals surface area contributed by atoms with Crippen LogP contribution in [0.5, 0.6) is 11.5 Å². The number of amides is 2. The standard InChI is InChI=1S/C17H18N2O2S.C16H16N2O2S.2CH4/c1-11(20)19-14-7-5-12(18(2)3)9-16(14)22-17-10-13(21-4)6-8-15(17)19;1-10(19)18-13-6-4-11(17(2)3)8-15(13)21-16-9-12(20)5-7-14(16)18;;/h5-10H,1-4H3;4-9,20H,1-3H3;2*1H4. The van der Waals surface area contributed by atoms with Crippen LogP contribution in [0.25, 0.3) is 0 Å². The minimum Gasteiger partial charge on any atom is -0.508 e. The lowest BCUT2D eigenvalue weighted by Gasteiger charge is -2.31. The van der Waals surface area contributed by atoms with Crippen molar-refractivity contribution < 1.29 is 19.4 Å². The molecule has 4 aromatic rings. The Morgan fingerprint density at radius 2 is 1.00 bits per heavy atom. The van der Waals surface area contributed by atoms with E-state index in [4.69, 9.17) is 4.74 Å². The fourth-order valence-electron chi connectivity index (χ4n) is 4.93. The van der Waals surface area contributed by atoms with E-state index in [1.807, 2.05) is 75.6 Å². The average Bonchev–Trinajstić information content (AvgIpc) is 2.97. The number of benzene rings is 4. The molecule has 0 atom stereocenters. The van der Waals surface area contributed by atoms with Gasteiger partial charge in [0.2, 0.25) is 11.8 Å². The summed E-state index contributed by atoms with van der Waals surface area (Å²) in [6, 6.07) is 23.0. The van der Waals surface area contributed by atoms with E-state index >= 15 is 0 Å². The summed E-state index contributed by atoms with van der Waals surface area (Å²) >= 11 is 3.23. The van der Waals surface area contributed by atoms with Gasteiger partial charge in [-0.1, -0.05) is 38.4 Å². The maximum Gasteiger partial charge on any atom is 0.228 e. The second kappa shape index (κ2) is 14.2. The molecule has 2 heterocycles. The van der Waals surface area contributed by atoms with Crippen LogP contribution in [0, 0.1) is 0 Å². The van der Waals surface area contributed by atoms with Crippen molar-refractivity contribution in [3.05, 3.63) is 72.8 Å². The third-order valence-corrected chi connectivity index (χ3v) is 9.25. The number of phenols is 1. The van der Waals surface area contributed by atoms with Crippen LogP contribution in [-0.4, -0.2) is 52.2 Å². The first-order valence-electron chi connectivity index (χ1n) is 13.6. The van der Waals surface area contributed by atoms with E-state index < -0.39 is 0 Å². The minimum atomic E-state index is -0.0407. The SMILES string of the molecule is C.C.CC(=O)N1c2ccc(O)cc2Sc2cc(N(C)C)ccc21.COc1ccc2c(c1)Sc1cc(N(C)C)ccc1N2C(C)=O. The predicted octanol–water partition coefficient (Wildman–Crippen LogP) is 8.79. The van der Waals surface area contributed by atoms with E-state index in [0.29, 0.717) is 0 Å². The topological polar surface area (TPSA) is 76.6 Å². The molecule has 0 fully saturated rings. The van der Waals surface area contributed by atoms with E-state index in [1.165, 1.54) is 0 Å². The number of hydrogen-bond donors (Lipinski definition) is 1. The summed E-state index contributed by atoms with van der Waals surface area (Å²) < 4.78 is 5.30. The minimum absolute atomic E-state index is 0. The molecule has 2 aliphatic heterocycles. The van der Waals surface area contributed by atoms with Crippen molar-refractivity contribution in [3.63, 3.8) is 0 Å². The third kappa shape index (κ3) is 7.02. The average molecular weight is 647 g/mol. The van der Waals surface area contributed by atoms with Crippen LogP contribution in [0.2, 0.25) is 0 Å². The highest BCUT2D eigenvalue weighted by molar-refractivity contribution is 8.00. The Morgan fingerprint density at radius 3 is 1.40 bits per heavy atom. The number of rotatable bonds is 3. The van der Waals surface area contributed by atoms with Gasteiger partial charge in [0, 0.05) is 73.0 Å². The lowest BCUT2D eigenvalue weighted by atomic mass is 10.2. The number of carbonyl (C=O) groups excluding carboxylic acids is 2. The van der Waals surface area contributed by atoms with E-state index in [9.17, 15) is 14.7 Å². The molecule has 2 aliphatic rings. The molecular weight excluding hydrogens is 605 g/mol. The molecule has 0 bridgehead atoms. The van der Waals surface area contributed by atoms with Gasteiger partial charge < -0.3 is 19.6 Å². The van der Waals surface area contributed by atoms with Crippen LogP contribution in [0.3, 0.4) is 0 Å². The lowest BCUT2D eigenvalue weighted by molar-refractivity contribution is -0.116. The summed E-state index contributed by atoms with van der Waals surface area (Å²) in [4.78, 5) is 35.8. The molecule has 1 N–H and O–H groups in total. The summed E-state index contributed by atoms with van der Waals surface area (Å²) in [6.45, 7) is 3.14. The van der Waals surface area contributed by atoms with Crippen molar-refractivity contribution >= 4 is 69.5 Å². The highest BCUT2D eigenvalue weighted by Gasteiger charge is 2.28. The van der Waals surface area contributed by atoms with Gasteiger partial charge in [-0.05, 0) is 72.8 Å². The monoisotopic (exact) mass is 646 g/mol. The molecule has 0 aromatic heterocycles. The number of aromatic hydroxyl groups is 1. The zero-order chi connectivity index (χ0) is 31.0. The third-order valence-electron chi connectivity index (χ3n) is 7.06. The van der Waals surface area contributed by atoms with Crippen molar-refractivity contribution in [1.82, 2.24) is 0 Å². The molecule has 2 amide bonds. The molecule has 45 heavy (non-hydrogen) atoms. The largest absolute Gasteiger partial charge is 0.508 e. The highest BCUT2D eigenvalue weighted by Crippen LogP contribution is 2.51. The number of ether oxygens (including phenoxy) is 1. The number of phenolic OH excluding ortho intramolecular Hbond substituents is 1. The van der Waals surface area contributed by atoms with Gasteiger partial charge in [-0.15, -0.1) is 0 Å². The molecular formula is C35H42N4O4S2. The second-order valence-corrected chi connectivity index (χ2v) is 12.7. The number of nitrogens with zero attached hydrogens (tertiary/aromatic N) is 4. The number of anilines is 6. The van der Waals surface area contributed by atoms with Gasteiger partial charge in [-0.25, -0.2) is 0 Å². The molecule has 8 nitrogen and oxygen atoms in total. The zero-order valence-corrected chi connectivity index (χ0v) is 26.8. The molecule has 4 aromatic carbocycles. The molecule has 0 saturated carbocycles. The van der Waals surface area contributed by atoms with Crippen molar-refractivity contribution in [3.8, 4) is 11.5 Å². The van der Waals surface area contributed by atoms with Gasteiger partial charge in [-0.3, -0.25) is 19.4 Å². The number of carbonyl (C=O) groups is 2. The Kier molecular flexibility index (Phi) is 11.1.